The van der Waals surface area contributed by atoms with Crippen LogP contribution in [0.4, 0.5) is 5.95 Å². The summed E-state index contributed by atoms with van der Waals surface area (Å²) in [6.45, 7) is 2.22. The van der Waals surface area contributed by atoms with Gasteiger partial charge in [-0.3, -0.25) is 0 Å². The normalized spacial score (nSPS) is 11.1. The molecule has 0 amide bonds. The maximum Gasteiger partial charge on any atom is 0.339 e. The predicted molar refractivity (Wildman–Crippen MR) is 87.5 cm³/mol. The van der Waals surface area contributed by atoms with Crippen molar-refractivity contribution < 1.29 is 13.9 Å². The van der Waals surface area contributed by atoms with E-state index in [1.54, 1.807) is 37.3 Å². The molecule has 25 heavy (non-hydrogen) atoms. The molecule has 1 aromatic carbocycles. The first-order valence-corrected chi connectivity index (χ1v) is 7.72. The van der Waals surface area contributed by atoms with Gasteiger partial charge in [0.05, 0.1) is 17.2 Å². The Kier molecular flexibility index (Phi) is 5.14. The summed E-state index contributed by atoms with van der Waals surface area (Å²) >= 11 is 6.06. The molecule has 0 saturated carbocycles. The number of H-pyrrole nitrogens is 1. The molecule has 0 aliphatic rings. The second kappa shape index (κ2) is 7.67. The van der Waals surface area contributed by atoms with Crippen LogP contribution in [0.25, 0.3) is 11.3 Å². The van der Waals surface area contributed by atoms with Crippen LogP contribution in [0.3, 0.4) is 0 Å². The van der Waals surface area contributed by atoms with Crippen molar-refractivity contribution in [3.05, 3.63) is 46.7 Å². The van der Waals surface area contributed by atoms with E-state index in [-0.39, 0.29) is 24.7 Å². The van der Waals surface area contributed by atoms with Crippen molar-refractivity contribution in [3.63, 3.8) is 0 Å². The fraction of sp³-hybridized carbons (Fsp3) is 0.200. The fourth-order valence-corrected chi connectivity index (χ4v) is 2.22. The molecule has 1 N–H and O–H groups in total. The van der Waals surface area contributed by atoms with Crippen LogP contribution < -0.4 is 0 Å². The molecule has 0 spiro atoms. The second-order valence-corrected chi connectivity index (χ2v) is 5.20. The van der Waals surface area contributed by atoms with Gasteiger partial charge in [0.15, 0.2) is 0 Å². The number of nitrogens with one attached hydrogen (secondary N) is 1. The monoisotopic (exact) mass is 360 g/mol. The first kappa shape index (κ1) is 16.8. The summed E-state index contributed by atoms with van der Waals surface area (Å²) in [6, 6.07) is 8.56. The van der Waals surface area contributed by atoms with Crippen LogP contribution in [0.5, 0.6) is 0 Å². The highest BCUT2D eigenvalue weighted by Gasteiger charge is 2.14. The standard InChI is InChI=1S/C15H13ClN6O3/c1-2-24-14(23)11-7-9(3-5-12(11)16)13-6-4-10(25-13)8-17-18-15-19-21-22-20-15/h3-7H,2,8H2,1H3,(H,19,20,21,22). The number of tetrazole rings is 1. The van der Waals surface area contributed by atoms with E-state index in [2.05, 4.69) is 30.9 Å². The number of halogens is 1. The van der Waals surface area contributed by atoms with E-state index in [1.165, 1.54) is 0 Å². The Balaban J connectivity index is 1.75. The summed E-state index contributed by atoms with van der Waals surface area (Å²) in [5.74, 6) is 0.834. The number of esters is 1. The number of ether oxygens (including phenoxy) is 1. The molecule has 0 aliphatic carbocycles. The van der Waals surface area contributed by atoms with Crippen molar-refractivity contribution in [2.24, 2.45) is 10.2 Å². The van der Waals surface area contributed by atoms with Crippen LogP contribution in [0.2, 0.25) is 5.02 Å². The molecule has 0 atom stereocenters. The van der Waals surface area contributed by atoms with E-state index < -0.39 is 5.97 Å². The van der Waals surface area contributed by atoms with E-state index in [9.17, 15) is 4.79 Å². The predicted octanol–water partition coefficient (Wildman–Crippen LogP) is 3.57. The molecule has 0 bridgehead atoms. The first-order chi connectivity index (χ1) is 12.2. The number of carbonyl (C=O) groups excluding carboxylic acids is 1. The van der Waals surface area contributed by atoms with E-state index >= 15 is 0 Å². The molecule has 0 radical (unpaired) electrons. The number of hydrogen-bond acceptors (Lipinski definition) is 8. The number of aromatic nitrogens is 4. The average Bonchev–Trinajstić information content (AvgIpc) is 3.27. The molecule has 3 aromatic rings. The molecule has 0 aliphatic heterocycles. The van der Waals surface area contributed by atoms with Crippen molar-refractivity contribution in [2.75, 3.05) is 6.61 Å². The summed E-state index contributed by atoms with van der Waals surface area (Å²) < 4.78 is 10.7. The first-order valence-electron chi connectivity index (χ1n) is 7.34. The number of benzene rings is 1. The zero-order valence-electron chi connectivity index (χ0n) is 13.1. The highest BCUT2D eigenvalue weighted by atomic mass is 35.5. The maximum absolute atomic E-state index is 11.9. The molecule has 0 unspecified atom stereocenters. The molecule has 2 aromatic heterocycles. The van der Waals surface area contributed by atoms with Gasteiger partial charge in [-0.25, -0.2) is 4.79 Å². The molecular weight excluding hydrogens is 348 g/mol. The van der Waals surface area contributed by atoms with E-state index in [0.717, 1.165) is 0 Å². The summed E-state index contributed by atoms with van der Waals surface area (Å²) in [7, 11) is 0. The molecule has 0 saturated heterocycles. The summed E-state index contributed by atoms with van der Waals surface area (Å²) in [5, 5.41) is 21.0. The van der Waals surface area contributed by atoms with Gasteiger partial charge in [-0.1, -0.05) is 16.7 Å². The number of azo groups is 1. The Morgan fingerprint density at radius 2 is 2.24 bits per heavy atom. The third-order valence-electron chi connectivity index (χ3n) is 3.13. The SMILES string of the molecule is CCOC(=O)c1cc(-c2ccc(CN=Nc3nn[nH]n3)o2)ccc1Cl. The van der Waals surface area contributed by atoms with E-state index in [1.807, 2.05) is 0 Å². The van der Waals surface area contributed by atoms with Crippen molar-refractivity contribution >= 4 is 23.5 Å². The number of nitrogens with zero attached hydrogens (tertiary/aromatic N) is 5. The minimum absolute atomic E-state index is 0.142. The Morgan fingerprint density at radius 1 is 1.36 bits per heavy atom. The molecule has 2 heterocycles. The minimum atomic E-state index is -0.477. The van der Waals surface area contributed by atoms with Gasteiger partial charge in [0.25, 0.3) is 0 Å². The third kappa shape index (κ3) is 4.07. The van der Waals surface area contributed by atoms with Gasteiger partial charge in [-0.15, -0.1) is 10.2 Å². The average molecular weight is 361 g/mol. The Labute approximate surface area is 147 Å². The summed E-state index contributed by atoms with van der Waals surface area (Å²) in [5.41, 5.74) is 0.990. The fourth-order valence-electron chi connectivity index (χ4n) is 2.03. The lowest BCUT2D eigenvalue weighted by Crippen LogP contribution is -2.05. The summed E-state index contributed by atoms with van der Waals surface area (Å²) in [6.07, 6.45) is 0. The molecule has 10 heteroatoms. The number of aromatic amines is 1. The number of carbonyl (C=O) groups is 1. The number of hydrogen-bond donors (Lipinski definition) is 1. The zero-order chi connectivity index (χ0) is 17.6. The van der Waals surface area contributed by atoms with Crippen molar-refractivity contribution in [2.45, 2.75) is 13.5 Å². The van der Waals surface area contributed by atoms with Crippen LogP contribution in [0, 0.1) is 0 Å². The zero-order valence-corrected chi connectivity index (χ0v) is 13.9. The Morgan fingerprint density at radius 3 is 3.00 bits per heavy atom. The van der Waals surface area contributed by atoms with Gasteiger partial charge in [-0.2, -0.15) is 10.3 Å². The molecule has 3 rings (SSSR count). The second-order valence-electron chi connectivity index (χ2n) is 4.79. The minimum Gasteiger partial charge on any atom is -0.462 e. The lowest BCUT2D eigenvalue weighted by atomic mass is 10.1. The quantitative estimate of drug-likeness (QED) is 0.530. The molecule has 9 nitrogen and oxygen atoms in total. The maximum atomic E-state index is 11.9. The Bertz CT molecular complexity index is 891. The van der Waals surface area contributed by atoms with Crippen LogP contribution >= 0.6 is 11.6 Å². The Hall–Kier alpha value is -3.07. The molecule has 0 fully saturated rings. The number of furan rings is 1. The smallest absolute Gasteiger partial charge is 0.339 e. The number of rotatable bonds is 6. The van der Waals surface area contributed by atoms with Gasteiger partial charge in [-0.05, 0) is 42.5 Å². The largest absolute Gasteiger partial charge is 0.462 e. The highest BCUT2D eigenvalue weighted by molar-refractivity contribution is 6.33. The summed E-state index contributed by atoms with van der Waals surface area (Å²) in [4.78, 5) is 11.9. The van der Waals surface area contributed by atoms with Crippen LogP contribution in [0.1, 0.15) is 23.0 Å². The van der Waals surface area contributed by atoms with Crippen LogP contribution in [-0.4, -0.2) is 33.2 Å². The van der Waals surface area contributed by atoms with E-state index in [0.29, 0.717) is 22.1 Å². The van der Waals surface area contributed by atoms with Crippen molar-refractivity contribution in [1.82, 2.24) is 20.6 Å². The van der Waals surface area contributed by atoms with Crippen LogP contribution in [-0.2, 0) is 11.3 Å². The van der Waals surface area contributed by atoms with Gasteiger partial charge >= 0.3 is 11.9 Å². The van der Waals surface area contributed by atoms with Crippen molar-refractivity contribution in [3.8, 4) is 11.3 Å². The molecule has 128 valence electrons. The highest BCUT2D eigenvalue weighted by Crippen LogP contribution is 2.27. The van der Waals surface area contributed by atoms with Crippen molar-refractivity contribution in [1.29, 1.82) is 0 Å². The van der Waals surface area contributed by atoms with Gasteiger partial charge in [0, 0.05) is 5.56 Å². The van der Waals surface area contributed by atoms with Gasteiger partial charge < -0.3 is 9.15 Å². The van der Waals surface area contributed by atoms with Crippen LogP contribution in [0.15, 0.2) is 45.0 Å². The topological polar surface area (TPSA) is 119 Å². The molecular formula is C15H13ClN6O3. The third-order valence-corrected chi connectivity index (χ3v) is 3.46. The van der Waals surface area contributed by atoms with Gasteiger partial charge in [0.2, 0.25) is 0 Å². The lowest BCUT2D eigenvalue weighted by Gasteiger charge is -2.05. The van der Waals surface area contributed by atoms with Gasteiger partial charge in [0.1, 0.15) is 18.1 Å². The lowest BCUT2D eigenvalue weighted by molar-refractivity contribution is 0.0526. The van der Waals surface area contributed by atoms with E-state index in [4.69, 9.17) is 20.8 Å².